The summed E-state index contributed by atoms with van der Waals surface area (Å²) in [5.41, 5.74) is 1.04. The van der Waals surface area contributed by atoms with Crippen molar-refractivity contribution in [1.82, 2.24) is 10.3 Å². The van der Waals surface area contributed by atoms with E-state index in [1.54, 1.807) is 25.1 Å². The minimum absolute atomic E-state index is 0.143. The number of benzene rings is 1. The van der Waals surface area contributed by atoms with E-state index in [0.717, 1.165) is 11.3 Å². The summed E-state index contributed by atoms with van der Waals surface area (Å²) in [4.78, 5) is 16.3. The van der Waals surface area contributed by atoms with Crippen LogP contribution in [0.3, 0.4) is 0 Å². The molecule has 0 saturated heterocycles. The van der Waals surface area contributed by atoms with E-state index in [0.29, 0.717) is 27.8 Å². The number of rotatable bonds is 5. The standard InChI is InChI=1S/C15H15F3N2O3S/c1-8-12(13(21)19-7-15(16,17)18)24-14(20-8)9-4-5-10(22-2)11(6-9)23-3/h4-6H,7H2,1-3H3,(H,19,21). The lowest BCUT2D eigenvalue weighted by Crippen LogP contribution is -2.33. The van der Waals surface area contributed by atoms with Crippen molar-refractivity contribution in [3.63, 3.8) is 0 Å². The molecule has 0 aliphatic heterocycles. The van der Waals surface area contributed by atoms with Crippen molar-refractivity contribution in [3.05, 3.63) is 28.8 Å². The molecule has 24 heavy (non-hydrogen) atoms. The van der Waals surface area contributed by atoms with E-state index < -0.39 is 18.6 Å². The molecular formula is C15H15F3N2O3S. The molecule has 0 saturated carbocycles. The van der Waals surface area contributed by atoms with Gasteiger partial charge in [-0.1, -0.05) is 0 Å². The van der Waals surface area contributed by atoms with E-state index in [9.17, 15) is 18.0 Å². The molecule has 0 aliphatic carbocycles. The number of hydrogen-bond acceptors (Lipinski definition) is 5. The summed E-state index contributed by atoms with van der Waals surface area (Å²) < 4.78 is 47.0. The number of alkyl halides is 3. The van der Waals surface area contributed by atoms with Gasteiger partial charge >= 0.3 is 6.18 Å². The average Bonchev–Trinajstić information content (AvgIpc) is 2.93. The second kappa shape index (κ2) is 7.08. The summed E-state index contributed by atoms with van der Waals surface area (Å²) in [6.07, 6.45) is -4.46. The van der Waals surface area contributed by atoms with Crippen LogP contribution in [0.2, 0.25) is 0 Å². The Balaban J connectivity index is 2.27. The normalized spacial score (nSPS) is 11.2. The minimum Gasteiger partial charge on any atom is -0.493 e. The van der Waals surface area contributed by atoms with E-state index >= 15 is 0 Å². The largest absolute Gasteiger partial charge is 0.493 e. The summed E-state index contributed by atoms with van der Waals surface area (Å²) in [7, 11) is 3.00. The molecule has 0 fully saturated rings. The SMILES string of the molecule is COc1ccc(-c2nc(C)c(C(=O)NCC(F)(F)F)s2)cc1OC. The summed E-state index contributed by atoms with van der Waals surface area (Å²) in [5, 5.41) is 2.35. The van der Waals surface area contributed by atoms with Gasteiger partial charge in [-0.05, 0) is 25.1 Å². The predicted octanol–water partition coefficient (Wildman–Crippen LogP) is 3.43. The highest BCUT2D eigenvalue weighted by atomic mass is 32.1. The molecule has 5 nitrogen and oxygen atoms in total. The number of nitrogens with zero attached hydrogens (tertiary/aromatic N) is 1. The topological polar surface area (TPSA) is 60.5 Å². The number of hydrogen-bond donors (Lipinski definition) is 1. The molecule has 9 heteroatoms. The molecule has 0 atom stereocenters. The van der Waals surface area contributed by atoms with Gasteiger partial charge in [0.15, 0.2) is 11.5 Å². The molecule has 1 aromatic heterocycles. The third-order valence-electron chi connectivity index (χ3n) is 3.08. The molecular weight excluding hydrogens is 345 g/mol. The summed E-state index contributed by atoms with van der Waals surface area (Å²) in [6, 6.07) is 5.11. The molecule has 1 amide bonds. The van der Waals surface area contributed by atoms with Crippen molar-refractivity contribution in [1.29, 1.82) is 0 Å². The zero-order valence-electron chi connectivity index (χ0n) is 13.2. The van der Waals surface area contributed by atoms with Gasteiger partial charge in [0.2, 0.25) is 0 Å². The second-order valence-corrected chi connectivity index (χ2v) is 5.80. The fourth-order valence-electron chi connectivity index (χ4n) is 1.96. The highest BCUT2D eigenvalue weighted by Crippen LogP contribution is 2.35. The van der Waals surface area contributed by atoms with Crippen LogP contribution in [0, 0.1) is 6.92 Å². The van der Waals surface area contributed by atoms with Gasteiger partial charge in [0.1, 0.15) is 16.4 Å². The molecule has 1 aromatic carbocycles. The Kier molecular flexibility index (Phi) is 5.33. The first-order valence-corrected chi connectivity index (χ1v) is 7.61. The number of nitrogens with one attached hydrogen (secondary N) is 1. The van der Waals surface area contributed by atoms with E-state index in [-0.39, 0.29) is 4.88 Å². The van der Waals surface area contributed by atoms with Gasteiger partial charge in [-0.2, -0.15) is 13.2 Å². The minimum atomic E-state index is -4.46. The average molecular weight is 360 g/mol. The fraction of sp³-hybridized carbons (Fsp3) is 0.333. The van der Waals surface area contributed by atoms with Gasteiger partial charge in [-0.15, -0.1) is 11.3 Å². The Hall–Kier alpha value is -2.29. The maximum Gasteiger partial charge on any atom is 0.405 e. The Morgan fingerprint density at radius 2 is 1.92 bits per heavy atom. The summed E-state index contributed by atoms with van der Waals surface area (Å²) in [5.74, 6) is 0.234. The lowest BCUT2D eigenvalue weighted by molar-refractivity contribution is -0.123. The quantitative estimate of drug-likeness (QED) is 0.888. The van der Waals surface area contributed by atoms with Crippen LogP contribution in [0.25, 0.3) is 10.6 Å². The number of amides is 1. The van der Waals surface area contributed by atoms with Crippen LogP contribution in [0.4, 0.5) is 13.2 Å². The van der Waals surface area contributed by atoms with E-state index in [1.165, 1.54) is 14.2 Å². The van der Waals surface area contributed by atoms with Crippen LogP contribution >= 0.6 is 11.3 Å². The zero-order chi connectivity index (χ0) is 17.9. The maximum absolute atomic E-state index is 12.2. The fourth-order valence-corrected chi connectivity index (χ4v) is 2.94. The first kappa shape index (κ1) is 18.1. The summed E-state index contributed by atoms with van der Waals surface area (Å²) in [6.45, 7) is 0.193. The first-order chi connectivity index (χ1) is 11.2. The van der Waals surface area contributed by atoms with Crippen LogP contribution in [0.1, 0.15) is 15.4 Å². The van der Waals surface area contributed by atoms with Gasteiger partial charge in [0.25, 0.3) is 5.91 Å². The number of halogens is 3. The highest BCUT2D eigenvalue weighted by molar-refractivity contribution is 7.17. The molecule has 0 bridgehead atoms. The molecule has 2 aromatic rings. The molecule has 130 valence electrons. The van der Waals surface area contributed by atoms with Gasteiger partial charge in [-0.25, -0.2) is 4.98 Å². The van der Waals surface area contributed by atoms with Crippen molar-refractivity contribution < 1.29 is 27.4 Å². The molecule has 0 aliphatic rings. The lowest BCUT2D eigenvalue weighted by atomic mass is 10.2. The smallest absolute Gasteiger partial charge is 0.405 e. The molecule has 0 radical (unpaired) electrons. The third-order valence-corrected chi connectivity index (χ3v) is 4.29. The van der Waals surface area contributed by atoms with Crippen molar-refractivity contribution in [2.45, 2.75) is 13.1 Å². The van der Waals surface area contributed by atoms with Crippen molar-refractivity contribution in [2.75, 3.05) is 20.8 Å². The van der Waals surface area contributed by atoms with Crippen molar-refractivity contribution >= 4 is 17.2 Å². The van der Waals surface area contributed by atoms with Gasteiger partial charge in [0.05, 0.1) is 19.9 Å². The number of methoxy groups -OCH3 is 2. The Morgan fingerprint density at radius 1 is 1.25 bits per heavy atom. The predicted molar refractivity (Wildman–Crippen MR) is 83.8 cm³/mol. The number of aryl methyl sites for hydroxylation is 1. The zero-order valence-corrected chi connectivity index (χ0v) is 14.0. The molecule has 1 N–H and O–H groups in total. The Labute approximate surface area is 140 Å². The summed E-state index contributed by atoms with van der Waals surface area (Å²) >= 11 is 1.02. The van der Waals surface area contributed by atoms with Crippen LogP contribution in [-0.4, -0.2) is 37.8 Å². The van der Waals surface area contributed by atoms with Crippen LogP contribution in [0.15, 0.2) is 18.2 Å². The lowest BCUT2D eigenvalue weighted by Gasteiger charge is -2.08. The Bertz CT molecular complexity index is 744. The monoisotopic (exact) mass is 360 g/mol. The highest BCUT2D eigenvalue weighted by Gasteiger charge is 2.29. The number of ether oxygens (including phenoxy) is 2. The van der Waals surface area contributed by atoms with Crippen LogP contribution in [0.5, 0.6) is 11.5 Å². The van der Waals surface area contributed by atoms with E-state index in [2.05, 4.69) is 4.98 Å². The number of aromatic nitrogens is 1. The van der Waals surface area contributed by atoms with Gasteiger partial charge in [-0.3, -0.25) is 4.79 Å². The maximum atomic E-state index is 12.2. The van der Waals surface area contributed by atoms with E-state index in [4.69, 9.17) is 9.47 Å². The molecule has 1 heterocycles. The van der Waals surface area contributed by atoms with Crippen molar-refractivity contribution in [3.8, 4) is 22.1 Å². The number of carbonyl (C=O) groups excluding carboxylic acids is 1. The third kappa shape index (κ3) is 4.16. The second-order valence-electron chi connectivity index (χ2n) is 4.80. The van der Waals surface area contributed by atoms with Gasteiger partial charge in [0, 0.05) is 5.56 Å². The van der Waals surface area contributed by atoms with Crippen LogP contribution < -0.4 is 14.8 Å². The van der Waals surface area contributed by atoms with Crippen LogP contribution in [-0.2, 0) is 0 Å². The molecule has 2 rings (SSSR count). The van der Waals surface area contributed by atoms with Gasteiger partial charge < -0.3 is 14.8 Å². The van der Waals surface area contributed by atoms with Crippen molar-refractivity contribution in [2.24, 2.45) is 0 Å². The first-order valence-electron chi connectivity index (χ1n) is 6.80. The Morgan fingerprint density at radius 3 is 2.50 bits per heavy atom. The molecule has 0 spiro atoms. The molecule has 0 unspecified atom stereocenters. The number of thiazole rings is 1. The number of carbonyl (C=O) groups is 1. The van der Waals surface area contributed by atoms with E-state index in [1.807, 2.05) is 5.32 Å².